The lowest BCUT2D eigenvalue weighted by molar-refractivity contribution is 0.406. The fourth-order valence-corrected chi connectivity index (χ4v) is 2.42. The summed E-state index contributed by atoms with van der Waals surface area (Å²) < 4.78 is 0. The van der Waals surface area contributed by atoms with Gasteiger partial charge in [-0.1, -0.05) is 62.9 Å². The SMILES string of the molecule is CCC(CC)CNC(CC)c1ccc(Cl)c(Cl)c1. The molecule has 0 radical (unpaired) electrons. The molecule has 0 bridgehead atoms. The number of nitrogens with one attached hydrogen (secondary N) is 1. The van der Waals surface area contributed by atoms with Gasteiger partial charge in [0.05, 0.1) is 10.0 Å². The highest BCUT2D eigenvalue weighted by atomic mass is 35.5. The first-order valence-corrected chi connectivity index (χ1v) is 7.56. The molecular weight excluding hydrogens is 265 g/mol. The molecule has 0 aliphatic heterocycles. The second kappa shape index (κ2) is 8.04. The smallest absolute Gasteiger partial charge is 0.0595 e. The topological polar surface area (TPSA) is 12.0 Å². The predicted octanol–water partition coefficient (Wildman–Crippen LogP) is 5.47. The van der Waals surface area contributed by atoms with E-state index in [-0.39, 0.29) is 0 Å². The largest absolute Gasteiger partial charge is 0.310 e. The Morgan fingerprint density at radius 2 is 1.67 bits per heavy atom. The lowest BCUT2D eigenvalue weighted by Crippen LogP contribution is -2.26. The van der Waals surface area contributed by atoms with Gasteiger partial charge in [-0.15, -0.1) is 0 Å². The predicted molar refractivity (Wildman–Crippen MR) is 81.6 cm³/mol. The van der Waals surface area contributed by atoms with Crippen molar-refractivity contribution < 1.29 is 0 Å². The summed E-state index contributed by atoms with van der Waals surface area (Å²) in [5, 5.41) is 4.89. The first-order chi connectivity index (χ1) is 8.62. The highest BCUT2D eigenvalue weighted by Crippen LogP contribution is 2.27. The van der Waals surface area contributed by atoms with E-state index < -0.39 is 0 Å². The molecular formula is C15H23Cl2N. The summed E-state index contributed by atoms with van der Waals surface area (Å²) in [4.78, 5) is 0. The lowest BCUT2D eigenvalue weighted by atomic mass is 10.0. The maximum Gasteiger partial charge on any atom is 0.0595 e. The van der Waals surface area contributed by atoms with Crippen molar-refractivity contribution in [1.29, 1.82) is 0 Å². The second-order valence-electron chi connectivity index (χ2n) is 4.73. The van der Waals surface area contributed by atoms with Crippen molar-refractivity contribution in [3.05, 3.63) is 33.8 Å². The van der Waals surface area contributed by atoms with E-state index >= 15 is 0 Å². The standard InChI is InChI=1S/C15H23Cl2N/c1-4-11(5-2)10-18-15(6-3)12-7-8-13(16)14(17)9-12/h7-9,11,15,18H,4-6,10H2,1-3H3. The highest BCUT2D eigenvalue weighted by molar-refractivity contribution is 6.42. The average molecular weight is 288 g/mol. The van der Waals surface area contributed by atoms with E-state index in [0.29, 0.717) is 16.1 Å². The molecule has 1 nitrogen and oxygen atoms in total. The molecule has 3 heteroatoms. The number of benzene rings is 1. The molecule has 0 aliphatic carbocycles. The van der Waals surface area contributed by atoms with Crippen LogP contribution in [0.5, 0.6) is 0 Å². The van der Waals surface area contributed by atoms with Gasteiger partial charge < -0.3 is 5.32 Å². The minimum Gasteiger partial charge on any atom is -0.310 e. The molecule has 0 aliphatic rings. The van der Waals surface area contributed by atoms with Crippen LogP contribution in [-0.4, -0.2) is 6.54 Å². The summed E-state index contributed by atoms with van der Waals surface area (Å²) >= 11 is 12.0. The first kappa shape index (κ1) is 15.8. The van der Waals surface area contributed by atoms with Crippen LogP contribution >= 0.6 is 23.2 Å². The Bertz CT molecular complexity index is 362. The molecule has 0 amide bonds. The molecule has 0 saturated heterocycles. The van der Waals surface area contributed by atoms with E-state index in [2.05, 4.69) is 32.2 Å². The summed E-state index contributed by atoms with van der Waals surface area (Å²) in [5.41, 5.74) is 1.22. The maximum atomic E-state index is 6.07. The molecule has 1 atom stereocenters. The highest BCUT2D eigenvalue weighted by Gasteiger charge is 2.12. The summed E-state index contributed by atoms with van der Waals surface area (Å²) in [6.45, 7) is 7.74. The van der Waals surface area contributed by atoms with Crippen LogP contribution in [0.2, 0.25) is 10.0 Å². The first-order valence-electron chi connectivity index (χ1n) is 6.80. The van der Waals surface area contributed by atoms with Gasteiger partial charge in [-0.05, 0) is 36.6 Å². The minimum atomic E-state index is 0.361. The van der Waals surface area contributed by atoms with Crippen molar-refractivity contribution >= 4 is 23.2 Å². The van der Waals surface area contributed by atoms with Crippen LogP contribution in [0.25, 0.3) is 0 Å². The van der Waals surface area contributed by atoms with Gasteiger partial charge in [-0.25, -0.2) is 0 Å². The zero-order valence-electron chi connectivity index (χ0n) is 11.5. The number of rotatable bonds is 7. The normalized spacial score (nSPS) is 13.0. The fraction of sp³-hybridized carbons (Fsp3) is 0.600. The summed E-state index contributed by atoms with van der Waals surface area (Å²) in [6.07, 6.45) is 3.50. The third-order valence-corrected chi connectivity index (χ3v) is 4.30. The van der Waals surface area contributed by atoms with Gasteiger partial charge in [0.1, 0.15) is 0 Å². The Hall–Kier alpha value is -0.240. The number of hydrogen-bond acceptors (Lipinski definition) is 1. The van der Waals surface area contributed by atoms with Crippen molar-refractivity contribution in [2.24, 2.45) is 5.92 Å². The Labute approximate surface area is 121 Å². The monoisotopic (exact) mass is 287 g/mol. The van der Waals surface area contributed by atoms with Crippen molar-refractivity contribution in [2.75, 3.05) is 6.54 Å². The van der Waals surface area contributed by atoms with E-state index in [1.807, 2.05) is 12.1 Å². The molecule has 102 valence electrons. The zero-order chi connectivity index (χ0) is 13.5. The Morgan fingerprint density at radius 3 is 2.17 bits per heavy atom. The van der Waals surface area contributed by atoms with Crippen molar-refractivity contribution in [3.63, 3.8) is 0 Å². The van der Waals surface area contributed by atoms with Gasteiger partial charge >= 0.3 is 0 Å². The van der Waals surface area contributed by atoms with Gasteiger partial charge in [-0.2, -0.15) is 0 Å². The van der Waals surface area contributed by atoms with Crippen LogP contribution in [0.3, 0.4) is 0 Å². The van der Waals surface area contributed by atoms with Crippen molar-refractivity contribution in [3.8, 4) is 0 Å². The molecule has 0 heterocycles. The van der Waals surface area contributed by atoms with Crippen LogP contribution in [0.15, 0.2) is 18.2 Å². The van der Waals surface area contributed by atoms with Crippen molar-refractivity contribution in [1.82, 2.24) is 5.32 Å². The molecule has 0 aromatic heterocycles. The van der Waals surface area contributed by atoms with Crippen LogP contribution < -0.4 is 5.32 Å². The van der Waals surface area contributed by atoms with Crippen LogP contribution in [0.4, 0.5) is 0 Å². The molecule has 18 heavy (non-hydrogen) atoms. The van der Waals surface area contributed by atoms with E-state index in [4.69, 9.17) is 23.2 Å². The molecule has 0 saturated carbocycles. The van der Waals surface area contributed by atoms with E-state index in [1.165, 1.54) is 18.4 Å². The Morgan fingerprint density at radius 1 is 1.00 bits per heavy atom. The zero-order valence-corrected chi connectivity index (χ0v) is 13.0. The molecule has 1 aromatic rings. The molecule has 0 fully saturated rings. The Kier molecular flexibility index (Phi) is 7.06. The van der Waals surface area contributed by atoms with Gasteiger partial charge in [0, 0.05) is 6.04 Å². The van der Waals surface area contributed by atoms with Gasteiger partial charge in [0.2, 0.25) is 0 Å². The molecule has 1 unspecified atom stereocenters. The van der Waals surface area contributed by atoms with E-state index in [1.54, 1.807) is 0 Å². The molecule has 1 aromatic carbocycles. The van der Waals surface area contributed by atoms with Crippen LogP contribution in [0.1, 0.15) is 51.6 Å². The third-order valence-electron chi connectivity index (χ3n) is 3.56. The van der Waals surface area contributed by atoms with Gasteiger partial charge in [0.25, 0.3) is 0 Å². The van der Waals surface area contributed by atoms with Gasteiger partial charge in [-0.3, -0.25) is 0 Å². The van der Waals surface area contributed by atoms with E-state index in [0.717, 1.165) is 18.9 Å². The van der Waals surface area contributed by atoms with Crippen molar-refractivity contribution in [2.45, 2.75) is 46.1 Å². The molecule has 0 spiro atoms. The number of hydrogen-bond donors (Lipinski definition) is 1. The van der Waals surface area contributed by atoms with E-state index in [9.17, 15) is 0 Å². The quantitative estimate of drug-likeness (QED) is 0.701. The minimum absolute atomic E-state index is 0.361. The molecule has 1 rings (SSSR count). The maximum absolute atomic E-state index is 6.07. The lowest BCUT2D eigenvalue weighted by Gasteiger charge is -2.21. The average Bonchev–Trinajstić information content (AvgIpc) is 2.38. The summed E-state index contributed by atoms with van der Waals surface area (Å²) in [7, 11) is 0. The third kappa shape index (κ3) is 4.46. The van der Waals surface area contributed by atoms with Crippen LogP contribution in [-0.2, 0) is 0 Å². The van der Waals surface area contributed by atoms with Gasteiger partial charge in [0.15, 0.2) is 0 Å². The summed E-state index contributed by atoms with van der Waals surface area (Å²) in [5.74, 6) is 0.752. The summed E-state index contributed by atoms with van der Waals surface area (Å²) in [6, 6.07) is 6.27. The Balaban J connectivity index is 2.67. The molecule has 1 N–H and O–H groups in total. The van der Waals surface area contributed by atoms with Crippen LogP contribution in [0, 0.1) is 5.92 Å². The fourth-order valence-electron chi connectivity index (χ4n) is 2.11. The number of halogens is 2. The second-order valence-corrected chi connectivity index (χ2v) is 5.54.